The van der Waals surface area contributed by atoms with Gasteiger partial charge in [0.1, 0.15) is 11.2 Å². The molecule has 0 saturated heterocycles. The molecule has 4 aromatic rings. The van der Waals surface area contributed by atoms with Crippen molar-refractivity contribution in [2.45, 2.75) is 4.83 Å². The number of rotatable bonds is 2. The zero-order valence-corrected chi connectivity index (χ0v) is 14.0. The lowest BCUT2D eigenvalue weighted by Crippen LogP contribution is -1.91. The van der Waals surface area contributed by atoms with Gasteiger partial charge in [-0.1, -0.05) is 40.2 Å². The van der Waals surface area contributed by atoms with Gasteiger partial charge >= 0.3 is 0 Å². The molecule has 4 heteroatoms. The number of halogens is 2. The summed E-state index contributed by atoms with van der Waals surface area (Å²) in [5, 5.41) is 2.27. The Bertz CT molecular complexity index is 936. The molecule has 0 aliphatic heterocycles. The minimum Gasteiger partial charge on any atom is -0.457 e. The first-order chi connectivity index (χ1) is 10.2. The lowest BCUT2D eigenvalue weighted by atomic mass is 10.0. The van der Waals surface area contributed by atoms with Gasteiger partial charge in [-0.3, -0.25) is 0 Å². The molecule has 0 aliphatic carbocycles. The average molecular weight is 406 g/mol. The van der Waals surface area contributed by atoms with Gasteiger partial charge in [0.05, 0.1) is 11.1 Å². The summed E-state index contributed by atoms with van der Waals surface area (Å²) in [6.07, 6.45) is 1.68. The Kier molecular flexibility index (Phi) is 3.16. The second-order valence-corrected chi connectivity index (χ2v) is 6.50. The molecule has 2 heterocycles. The van der Waals surface area contributed by atoms with E-state index in [0.29, 0.717) is 0 Å². The van der Waals surface area contributed by atoms with Crippen LogP contribution in [0.3, 0.4) is 0 Å². The Morgan fingerprint density at radius 1 is 0.905 bits per heavy atom. The molecule has 2 nitrogen and oxygen atoms in total. The van der Waals surface area contributed by atoms with Crippen LogP contribution < -0.4 is 0 Å². The van der Waals surface area contributed by atoms with E-state index in [1.807, 2.05) is 30.3 Å². The molecular weight excluding hydrogens is 396 g/mol. The third-order valence-corrected chi connectivity index (χ3v) is 5.28. The van der Waals surface area contributed by atoms with Gasteiger partial charge in [-0.15, -0.1) is 0 Å². The molecule has 21 heavy (non-hydrogen) atoms. The molecule has 0 amide bonds. The predicted octanol–water partition coefficient (Wildman–Crippen LogP) is 6.43. The van der Waals surface area contributed by atoms with E-state index in [0.717, 1.165) is 37.7 Å². The summed E-state index contributed by atoms with van der Waals surface area (Å²) in [5.41, 5.74) is 4.06. The van der Waals surface area contributed by atoms with Crippen LogP contribution in [0.1, 0.15) is 16.0 Å². The van der Waals surface area contributed by atoms with Gasteiger partial charge in [-0.05, 0) is 45.8 Å². The molecule has 4 rings (SSSR count). The zero-order chi connectivity index (χ0) is 14.4. The molecule has 1 unspecified atom stereocenters. The monoisotopic (exact) mass is 404 g/mol. The van der Waals surface area contributed by atoms with Crippen LogP contribution in [-0.4, -0.2) is 0 Å². The summed E-state index contributed by atoms with van der Waals surface area (Å²) in [7, 11) is 0. The van der Waals surface area contributed by atoms with E-state index in [1.165, 1.54) is 0 Å². The normalized spacial score (nSPS) is 13.0. The van der Waals surface area contributed by atoms with Crippen LogP contribution in [0, 0.1) is 0 Å². The fraction of sp³-hybridized carbons (Fsp3) is 0.0588. The van der Waals surface area contributed by atoms with Crippen LogP contribution in [-0.2, 0) is 0 Å². The van der Waals surface area contributed by atoms with Crippen LogP contribution in [0.5, 0.6) is 0 Å². The maximum atomic E-state index is 5.86. The summed E-state index contributed by atoms with van der Waals surface area (Å²) < 4.78 is 11.9. The molecule has 2 aromatic carbocycles. The van der Waals surface area contributed by atoms with E-state index >= 15 is 0 Å². The van der Waals surface area contributed by atoms with Crippen LogP contribution >= 0.6 is 31.9 Å². The highest BCUT2D eigenvalue weighted by molar-refractivity contribution is 9.10. The highest BCUT2D eigenvalue weighted by atomic mass is 79.9. The Balaban J connectivity index is 1.90. The van der Waals surface area contributed by atoms with Crippen LogP contribution in [0.25, 0.3) is 21.9 Å². The second-order valence-electron chi connectivity index (χ2n) is 4.87. The molecule has 0 spiro atoms. The summed E-state index contributed by atoms with van der Waals surface area (Å²) in [5.74, 6) is 0. The number of alkyl halides is 1. The molecule has 0 saturated carbocycles. The van der Waals surface area contributed by atoms with Crippen molar-refractivity contribution in [3.05, 3.63) is 70.6 Å². The third-order valence-electron chi connectivity index (χ3n) is 3.61. The highest BCUT2D eigenvalue weighted by Gasteiger charge is 2.17. The van der Waals surface area contributed by atoms with E-state index in [1.54, 1.807) is 6.26 Å². The SMILES string of the molecule is Brc1occc1C(Br)c1ccc2oc3ccccc3c2c1. The molecule has 0 bridgehead atoms. The van der Waals surface area contributed by atoms with E-state index in [-0.39, 0.29) is 4.83 Å². The van der Waals surface area contributed by atoms with Crippen LogP contribution in [0.4, 0.5) is 0 Å². The van der Waals surface area contributed by atoms with E-state index in [4.69, 9.17) is 8.83 Å². The fourth-order valence-corrected chi connectivity index (χ4v) is 3.99. The molecule has 0 N–H and O–H groups in total. The minimum atomic E-state index is 0.0729. The second kappa shape index (κ2) is 5.04. The van der Waals surface area contributed by atoms with Crippen LogP contribution in [0.2, 0.25) is 0 Å². The summed E-state index contributed by atoms with van der Waals surface area (Å²) in [6, 6.07) is 16.3. The molecule has 104 valence electrons. The first kappa shape index (κ1) is 13.2. The van der Waals surface area contributed by atoms with Crippen molar-refractivity contribution in [2.75, 3.05) is 0 Å². The van der Waals surface area contributed by atoms with Crippen molar-refractivity contribution in [3.8, 4) is 0 Å². The van der Waals surface area contributed by atoms with Crippen molar-refractivity contribution in [1.29, 1.82) is 0 Å². The van der Waals surface area contributed by atoms with Crippen molar-refractivity contribution in [1.82, 2.24) is 0 Å². The van der Waals surface area contributed by atoms with E-state index < -0.39 is 0 Å². The number of furan rings is 2. The number of para-hydroxylation sites is 1. The Morgan fingerprint density at radius 2 is 1.71 bits per heavy atom. The molecule has 0 radical (unpaired) electrons. The largest absolute Gasteiger partial charge is 0.457 e. The lowest BCUT2D eigenvalue weighted by Gasteiger charge is -2.08. The maximum absolute atomic E-state index is 5.86. The Labute approximate surface area is 138 Å². The topological polar surface area (TPSA) is 26.3 Å². The molecule has 0 aliphatic rings. The van der Waals surface area contributed by atoms with Crippen molar-refractivity contribution < 1.29 is 8.83 Å². The van der Waals surface area contributed by atoms with Gasteiger partial charge in [0.2, 0.25) is 0 Å². The molecule has 0 fully saturated rings. The quantitative estimate of drug-likeness (QED) is 0.359. The third kappa shape index (κ3) is 2.14. The number of fused-ring (bicyclic) bond motifs is 3. The smallest absolute Gasteiger partial charge is 0.173 e. The van der Waals surface area contributed by atoms with Gasteiger partial charge in [-0.2, -0.15) is 0 Å². The summed E-state index contributed by atoms with van der Waals surface area (Å²) >= 11 is 7.17. The number of hydrogen-bond donors (Lipinski definition) is 0. The molecular formula is C17H10Br2O2. The summed E-state index contributed by atoms with van der Waals surface area (Å²) in [4.78, 5) is 0.0729. The van der Waals surface area contributed by atoms with Gasteiger partial charge in [0.25, 0.3) is 0 Å². The molecule has 1 atom stereocenters. The average Bonchev–Trinajstić information content (AvgIpc) is 3.09. The zero-order valence-electron chi connectivity index (χ0n) is 10.8. The van der Waals surface area contributed by atoms with Gasteiger partial charge in [0, 0.05) is 16.3 Å². The van der Waals surface area contributed by atoms with E-state index in [2.05, 4.69) is 50.1 Å². The molecule has 2 aromatic heterocycles. The van der Waals surface area contributed by atoms with E-state index in [9.17, 15) is 0 Å². The van der Waals surface area contributed by atoms with Gasteiger partial charge in [0.15, 0.2) is 4.67 Å². The first-order valence-corrected chi connectivity index (χ1v) is 8.23. The van der Waals surface area contributed by atoms with Crippen molar-refractivity contribution in [2.24, 2.45) is 0 Å². The minimum absolute atomic E-state index is 0.0729. The highest BCUT2D eigenvalue weighted by Crippen LogP contribution is 2.38. The van der Waals surface area contributed by atoms with Crippen molar-refractivity contribution >= 4 is 53.8 Å². The fourth-order valence-electron chi connectivity index (χ4n) is 2.57. The standard InChI is InChI=1S/C17H10Br2O2/c18-16(12-7-8-20-17(12)19)10-5-6-15-13(9-10)11-3-1-2-4-14(11)21-15/h1-9,16H. The predicted molar refractivity (Wildman–Crippen MR) is 90.9 cm³/mol. The summed E-state index contributed by atoms with van der Waals surface area (Å²) in [6.45, 7) is 0. The van der Waals surface area contributed by atoms with Gasteiger partial charge < -0.3 is 8.83 Å². The number of benzene rings is 2. The van der Waals surface area contributed by atoms with Gasteiger partial charge in [-0.25, -0.2) is 0 Å². The van der Waals surface area contributed by atoms with Crippen molar-refractivity contribution in [3.63, 3.8) is 0 Å². The lowest BCUT2D eigenvalue weighted by molar-refractivity contribution is 0.537. The van der Waals surface area contributed by atoms with Crippen LogP contribution in [0.15, 0.2) is 68.3 Å². The Hall–Kier alpha value is -1.52. The maximum Gasteiger partial charge on any atom is 0.173 e. The first-order valence-electron chi connectivity index (χ1n) is 6.52. The number of hydrogen-bond acceptors (Lipinski definition) is 2. The Morgan fingerprint density at radius 3 is 2.52 bits per heavy atom.